The maximum Gasteiger partial charge on any atom is 0.360 e. The van der Waals surface area contributed by atoms with Crippen molar-refractivity contribution in [1.29, 1.82) is 0 Å². The molecule has 21 heavy (non-hydrogen) atoms. The lowest BCUT2D eigenvalue weighted by atomic mass is 10.1. The molecule has 1 aromatic rings. The van der Waals surface area contributed by atoms with E-state index in [-0.39, 0.29) is 35.7 Å². The summed E-state index contributed by atoms with van der Waals surface area (Å²) in [4.78, 5) is 29.2. The molecule has 7 heteroatoms. The Morgan fingerprint density at radius 3 is 2.52 bits per heavy atom. The van der Waals surface area contributed by atoms with Gasteiger partial charge < -0.3 is 19.4 Å². The van der Waals surface area contributed by atoms with Gasteiger partial charge in [-0.05, 0) is 34.6 Å². The maximum absolute atomic E-state index is 12.3. The summed E-state index contributed by atoms with van der Waals surface area (Å²) in [6, 6.07) is -0.254. The second kappa shape index (κ2) is 6.60. The molecule has 0 spiro atoms. The van der Waals surface area contributed by atoms with Gasteiger partial charge in [0.2, 0.25) is 5.89 Å². The predicted molar refractivity (Wildman–Crippen MR) is 76.8 cm³/mol. The highest BCUT2D eigenvalue weighted by Gasteiger charge is 2.24. The Balaban J connectivity index is 2.82. The number of nitrogens with zero attached hydrogens (tertiary/aromatic N) is 2. The van der Waals surface area contributed by atoms with Crippen LogP contribution in [0, 0.1) is 0 Å². The molecule has 118 valence electrons. The number of urea groups is 1. The number of carbonyl (C=O) groups is 2. The van der Waals surface area contributed by atoms with Gasteiger partial charge in [-0.2, -0.15) is 0 Å². The van der Waals surface area contributed by atoms with Crippen molar-refractivity contribution < 1.29 is 18.7 Å². The molecule has 0 bridgehead atoms. The summed E-state index contributed by atoms with van der Waals surface area (Å²) in [6.45, 7) is 9.69. The maximum atomic E-state index is 12.3. The van der Waals surface area contributed by atoms with Crippen molar-refractivity contribution in [3.05, 3.63) is 17.8 Å². The molecule has 1 N–H and O–H groups in total. The minimum atomic E-state index is -0.569. The van der Waals surface area contributed by atoms with Crippen LogP contribution >= 0.6 is 0 Å². The fourth-order valence-corrected chi connectivity index (χ4v) is 1.61. The van der Waals surface area contributed by atoms with E-state index in [0.717, 1.165) is 0 Å². The number of carbonyl (C=O) groups excluding carboxylic acids is 2. The number of hydrogen-bond donors (Lipinski definition) is 1. The quantitative estimate of drug-likeness (QED) is 0.861. The van der Waals surface area contributed by atoms with Gasteiger partial charge in [0.25, 0.3) is 0 Å². The zero-order valence-electron chi connectivity index (χ0n) is 13.4. The van der Waals surface area contributed by atoms with Gasteiger partial charge in [-0.3, -0.25) is 0 Å². The number of amides is 2. The Bertz CT molecular complexity index is 503. The van der Waals surface area contributed by atoms with Crippen molar-refractivity contribution >= 4 is 12.0 Å². The Morgan fingerprint density at radius 2 is 2.05 bits per heavy atom. The SMILES string of the molecule is COC(=O)c1coc(CN(C(=O)NC(C)(C)C)C(C)C)n1. The van der Waals surface area contributed by atoms with Crippen molar-refractivity contribution in [1.82, 2.24) is 15.2 Å². The van der Waals surface area contributed by atoms with Gasteiger partial charge in [0.05, 0.1) is 13.7 Å². The monoisotopic (exact) mass is 297 g/mol. The van der Waals surface area contributed by atoms with E-state index in [1.165, 1.54) is 13.4 Å². The van der Waals surface area contributed by atoms with E-state index in [9.17, 15) is 9.59 Å². The van der Waals surface area contributed by atoms with Crippen LogP contribution in [0.15, 0.2) is 10.7 Å². The first kappa shape index (κ1) is 17.0. The smallest absolute Gasteiger partial charge is 0.360 e. The number of rotatable bonds is 4. The second-order valence-electron chi connectivity index (χ2n) is 6.02. The van der Waals surface area contributed by atoms with Crippen molar-refractivity contribution in [2.24, 2.45) is 0 Å². The molecular weight excluding hydrogens is 274 g/mol. The summed E-state index contributed by atoms with van der Waals surface area (Å²) < 4.78 is 9.78. The second-order valence-corrected chi connectivity index (χ2v) is 6.02. The van der Waals surface area contributed by atoms with Crippen molar-refractivity contribution in [2.75, 3.05) is 7.11 Å². The number of nitrogens with one attached hydrogen (secondary N) is 1. The van der Waals surface area contributed by atoms with Crippen LogP contribution in [0.1, 0.15) is 51.0 Å². The van der Waals surface area contributed by atoms with Gasteiger partial charge >= 0.3 is 12.0 Å². The molecular formula is C14H23N3O4. The lowest BCUT2D eigenvalue weighted by molar-refractivity contribution is 0.0594. The standard InChI is InChI=1S/C14H23N3O4/c1-9(2)17(13(19)16-14(3,4)5)7-11-15-10(8-21-11)12(18)20-6/h8-9H,7H2,1-6H3,(H,16,19). The van der Waals surface area contributed by atoms with Gasteiger partial charge in [0.15, 0.2) is 5.69 Å². The van der Waals surface area contributed by atoms with E-state index < -0.39 is 5.97 Å². The summed E-state index contributed by atoms with van der Waals surface area (Å²) in [5.74, 6) is -0.284. The molecule has 1 aromatic heterocycles. The lowest BCUT2D eigenvalue weighted by Gasteiger charge is -2.30. The minimum absolute atomic E-state index is 0.0409. The molecule has 1 rings (SSSR count). The van der Waals surface area contributed by atoms with Crippen molar-refractivity contribution in [3.8, 4) is 0 Å². The fraction of sp³-hybridized carbons (Fsp3) is 0.643. The average Bonchev–Trinajstić information content (AvgIpc) is 2.80. The van der Waals surface area contributed by atoms with Gasteiger partial charge in [0, 0.05) is 11.6 Å². The van der Waals surface area contributed by atoms with E-state index in [2.05, 4.69) is 15.0 Å². The third-order valence-corrected chi connectivity index (χ3v) is 2.62. The zero-order chi connectivity index (χ0) is 16.2. The molecule has 0 aliphatic rings. The van der Waals surface area contributed by atoms with Gasteiger partial charge in [-0.25, -0.2) is 14.6 Å². The number of ether oxygens (including phenoxy) is 1. The van der Waals surface area contributed by atoms with Crippen LogP contribution < -0.4 is 5.32 Å². The molecule has 0 saturated carbocycles. The average molecular weight is 297 g/mol. The number of oxazole rings is 1. The summed E-state index contributed by atoms with van der Waals surface area (Å²) in [5, 5.41) is 2.89. The summed E-state index contributed by atoms with van der Waals surface area (Å²) in [7, 11) is 1.27. The number of esters is 1. The highest BCUT2D eigenvalue weighted by Crippen LogP contribution is 2.11. The van der Waals surface area contributed by atoms with Crippen LogP contribution in [-0.2, 0) is 11.3 Å². The normalized spacial score (nSPS) is 11.4. The lowest BCUT2D eigenvalue weighted by Crippen LogP contribution is -2.50. The van der Waals surface area contributed by atoms with Crippen LogP contribution in [0.25, 0.3) is 0 Å². The van der Waals surface area contributed by atoms with E-state index in [4.69, 9.17) is 4.42 Å². The fourth-order valence-electron chi connectivity index (χ4n) is 1.61. The van der Waals surface area contributed by atoms with Crippen LogP contribution in [0.3, 0.4) is 0 Å². The molecule has 1 heterocycles. The highest BCUT2D eigenvalue weighted by molar-refractivity contribution is 5.86. The van der Waals surface area contributed by atoms with Crippen LogP contribution in [0.2, 0.25) is 0 Å². The molecule has 0 fully saturated rings. The molecule has 0 atom stereocenters. The third-order valence-electron chi connectivity index (χ3n) is 2.62. The Morgan fingerprint density at radius 1 is 1.43 bits per heavy atom. The Kier molecular flexibility index (Phi) is 5.34. The van der Waals surface area contributed by atoms with Crippen LogP contribution in [-0.4, -0.2) is 40.6 Å². The Labute approximate surface area is 124 Å². The van der Waals surface area contributed by atoms with Crippen LogP contribution in [0.4, 0.5) is 4.79 Å². The molecule has 0 radical (unpaired) electrons. The molecule has 2 amide bonds. The number of methoxy groups -OCH3 is 1. The van der Waals surface area contributed by atoms with Crippen molar-refractivity contribution in [2.45, 2.75) is 52.7 Å². The molecule has 0 unspecified atom stereocenters. The topological polar surface area (TPSA) is 84.7 Å². The highest BCUT2D eigenvalue weighted by atomic mass is 16.5. The first-order valence-electron chi connectivity index (χ1n) is 6.75. The third kappa shape index (κ3) is 5.09. The zero-order valence-corrected chi connectivity index (χ0v) is 13.4. The number of aromatic nitrogens is 1. The van der Waals surface area contributed by atoms with E-state index in [1.807, 2.05) is 34.6 Å². The first-order chi connectivity index (χ1) is 9.64. The van der Waals surface area contributed by atoms with Gasteiger partial charge in [-0.15, -0.1) is 0 Å². The molecule has 0 aromatic carbocycles. The summed E-state index contributed by atoms with van der Waals surface area (Å²) in [5.41, 5.74) is -0.245. The van der Waals surface area contributed by atoms with Gasteiger partial charge in [0.1, 0.15) is 6.26 Å². The van der Waals surface area contributed by atoms with Gasteiger partial charge in [-0.1, -0.05) is 0 Å². The van der Waals surface area contributed by atoms with Crippen LogP contribution in [0.5, 0.6) is 0 Å². The number of hydrogen-bond acceptors (Lipinski definition) is 5. The van der Waals surface area contributed by atoms with E-state index in [1.54, 1.807) is 4.90 Å². The van der Waals surface area contributed by atoms with Crippen molar-refractivity contribution in [3.63, 3.8) is 0 Å². The predicted octanol–water partition coefficient (Wildman–Crippen LogP) is 2.18. The largest absolute Gasteiger partial charge is 0.464 e. The first-order valence-corrected chi connectivity index (χ1v) is 6.75. The molecule has 0 saturated heterocycles. The minimum Gasteiger partial charge on any atom is -0.464 e. The van der Waals surface area contributed by atoms with E-state index >= 15 is 0 Å². The summed E-state index contributed by atoms with van der Waals surface area (Å²) in [6.07, 6.45) is 1.22. The molecule has 7 nitrogen and oxygen atoms in total. The van der Waals surface area contributed by atoms with E-state index in [0.29, 0.717) is 0 Å². The molecule has 0 aliphatic heterocycles. The summed E-state index contributed by atoms with van der Waals surface area (Å²) >= 11 is 0. The molecule has 0 aliphatic carbocycles. The Hall–Kier alpha value is -2.05.